The number of hydrogen-bond donors (Lipinski definition) is 0. The van der Waals surface area contributed by atoms with Crippen LogP contribution < -0.4 is 0 Å². The maximum Gasteiger partial charge on any atom is 0.338 e. The van der Waals surface area contributed by atoms with Gasteiger partial charge < -0.3 is 14.0 Å². The van der Waals surface area contributed by atoms with Crippen LogP contribution in [0.3, 0.4) is 0 Å². The van der Waals surface area contributed by atoms with E-state index in [1.54, 1.807) is 0 Å². The van der Waals surface area contributed by atoms with Gasteiger partial charge in [-0.25, -0.2) is 13.2 Å². The van der Waals surface area contributed by atoms with Crippen LogP contribution in [-0.2, 0) is 26.1 Å². The first-order valence-corrected chi connectivity index (χ1v) is 12.0. The average molecular weight is 464 g/mol. The zero-order chi connectivity index (χ0) is 22.0. The van der Waals surface area contributed by atoms with E-state index in [0.29, 0.717) is 5.89 Å². The third kappa shape index (κ3) is 4.85. The number of hydrogen-bond acceptors (Lipinski definition) is 9. The lowest BCUT2D eigenvalue weighted by Crippen LogP contribution is -2.48. The van der Waals surface area contributed by atoms with Gasteiger partial charge in [0.15, 0.2) is 6.61 Å². The molecule has 31 heavy (non-hydrogen) atoms. The van der Waals surface area contributed by atoms with Gasteiger partial charge in [0.1, 0.15) is 0 Å². The first-order valence-electron chi connectivity index (χ1n) is 9.61. The second-order valence-corrected chi connectivity index (χ2v) is 9.93. The molecule has 0 radical (unpaired) electrons. The van der Waals surface area contributed by atoms with E-state index in [-0.39, 0.29) is 48.2 Å². The summed E-state index contributed by atoms with van der Waals surface area (Å²) >= 11 is 1.50. The van der Waals surface area contributed by atoms with Crippen molar-refractivity contribution in [3.8, 4) is 11.5 Å². The molecule has 1 aliphatic rings. The molecule has 1 aliphatic heterocycles. The molecular formula is C20H21N3O6S2. The molecule has 1 aromatic carbocycles. The molecule has 3 aromatic rings. The molecule has 3 heterocycles. The molecule has 0 N–H and O–H groups in total. The molecule has 2 atom stereocenters. The van der Waals surface area contributed by atoms with E-state index < -0.39 is 16.0 Å². The summed E-state index contributed by atoms with van der Waals surface area (Å²) in [5.74, 6) is -0.119. The lowest BCUT2D eigenvalue weighted by atomic mass is 10.2. The van der Waals surface area contributed by atoms with Gasteiger partial charge in [-0.2, -0.15) is 20.6 Å². The Kier molecular flexibility index (Phi) is 6.19. The van der Waals surface area contributed by atoms with Crippen molar-refractivity contribution in [1.29, 1.82) is 0 Å². The van der Waals surface area contributed by atoms with Crippen molar-refractivity contribution in [2.75, 3.05) is 13.1 Å². The molecule has 11 heteroatoms. The van der Waals surface area contributed by atoms with Crippen LogP contribution in [0.4, 0.5) is 0 Å². The summed E-state index contributed by atoms with van der Waals surface area (Å²) in [6, 6.07) is 7.63. The summed E-state index contributed by atoms with van der Waals surface area (Å²) in [5.41, 5.74) is 0.914. The SMILES string of the molecule is CC1CN(S(=O)(=O)c2cccc(C(=O)OCc3noc(-c4ccsc4)n3)c2)CC(C)O1. The minimum Gasteiger partial charge on any atom is -0.454 e. The van der Waals surface area contributed by atoms with Crippen LogP contribution in [0.25, 0.3) is 11.5 Å². The molecule has 4 rings (SSSR count). The van der Waals surface area contributed by atoms with E-state index in [4.69, 9.17) is 14.0 Å². The standard InChI is InChI=1S/C20H21N3O6S2/c1-13-9-23(10-14(2)28-13)31(25,26)17-5-3-4-15(8-17)20(24)27-11-18-21-19(29-22-18)16-6-7-30-12-16/h3-8,12-14H,9-11H2,1-2H3. The topological polar surface area (TPSA) is 112 Å². The number of morpholine rings is 1. The summed E-state index contributed by atoms with van der Waals surface area (Å²) in [6.45, 7) is 3.97. The Balaban J connectivity index is 1.44. The molecule has 0 bridgehead atoms. The first-order chi connectivity index (χ1) is 14.8. The van der Waals surface area contributed by atoms with Gasteiger partial charge >= 0.3 is 5.97 Å². The molecule has 0 amide bonds. The number of carbonyl (C=O) groups is 1. The Bertz CT molecular complexity index is 1150. The first kappa shape index (κ1) is 21.6. The van der Waals surface area contributed by atoms with Crippen molar-refractivity contribution in [3.63, 3.8) is 0 Å². The van der Waals surface area contributed by atoms with Crippen molar-refractivity contribution in [2.24, 2.45) is 0 Å². The fraction of sp³-hybridized carbons (Fsp3) is 0.350. The molecule has 0 spiro atoms. The van der Waals surface area contributed by atoms with Crippen LogP contribution in [0.15, 0.2) is 50.5 Å². The number of benzene rings is 1. The number of ether oxygens (including phenoxy) is 2. The van der Waals surface area contributed by atoms with E-state index >= 15 is 0 Å². The number of esters is 1. The number of rotatable bonds is 6. The zero-order valence-electron chi connectivity index (χ0n) is 16.9. The summed E-state index contributed by atoms with van der Waals surface area (Å²) in [6.07, 6.45) is -0.416. The fourth-order valence-electron chi connectivity index (χ4n) is 3.29. The Morgan fingerprint density at radius 1 is 1.26 bits per heavy atom. The number of carbonyl (C=O) groups excluding carboxylic acids is 1. The number of thiophene rings is 1. The molecular weight excluding hydrogens is 442 g/mol. The second kappa shape index (κ2) is 8.87. The molecule has 1 fully saturated rings. The molecule has 0 saturated carbocycles. The van der Waals surface area contributed by atoms with Gasteiger partial charge in [-0.15, -0.1) is 0 Å². The van der Waals surface area contributed by atoms with Crippen molar-refractivity contribution < 1.29 is 27.2 Å². The Hall–Kier alpha value is -2.60. The maximum absolute atomic E-state index is 13.0. The quantitative estimate of drug-likeness (QED) is 0.513. The molecule has 1 saturated heterocycles. The average Bonchev–Trinajstić information content (AvgIpc) is 3.43. The van der Waals surface area contributed by atoms with E-state index in [9.17, 15) is 13.2 Å². The van der Waals surface area contributed by atoms with Crippen LogP contribution in [0, 0.1) is 0 Å². The largest absolute Gasteiger partial charge is 0.454 e. The van der Waals surface area contributed by atoms with Crippen LogP contribution in [0.2, 0.25) is 0 Å². The maximum atomic E-state index is 13.0. The van der Waals surface area contributed by atoms with Gasteiger partial charge in [0.2, 0.25) is 15.8 Å². The lowest BCUT2D eigenvalue weighted by molar-refractivity contribution is -0.0440. The lowest BCUT2D eigenvalue weighted by Gasteiger charge is -2.34. The zero-order valence-corrected chi connectivity index (χ0v) is 18.6. The number of nitrogens with zero attached hydrogens (tertiary/aromatic N) is 3. The van der Waals surface area contributed by atoms with Crippen LogP contribution in [-0.4, -0.2) is 54.1 Å². The number of aromatic nitrogens is 2. The summed E-state index contributed by atoms with van der Waals surface area (Å²) in [7, 11) is -3.77. The summed E-state index contributed by atoms with van der Waals surface area (Å²) in [5, 5.41) is 7.55. The van der Waals surface area contributed by atoms with Gasteiger partial charge in [-0.05, 0) is 43.5 Å². The Morgan fingerprint density at radius 2 is 2.03 bits per heavy atom. The Labute approximate surface area is 183 Å². The highest BCUT2D eigenvalue weighted by molar-refractivity contribution is 7.89. The fourth-order valence-corrected chi connectivity index (χ4v) is 5.56. The van der Waals surface area contributed by atoms with Gasteiger partial charge in [0, 0.05) is 18.5 Å². The van der Waals surface area contributed by atoms with Gasteiger partial charge in [-0.1, -0.05) is 11.2 Å². The highest BCUT2D eigenvalue weighted by Gasteiger charge is 2.32. The van der Waals surface area contributed by atoms with Gasteiger partial charge in [0.25, 0.3) is 5.89 Å². The van der Waals surface area contributed by atoms with Gasteiger partial charge in [0.05, 0.1) is 28.2 Å². The smallest absolute Gasteiger partial charge is 0.338 e. The highest BCUT2D eigenvalue weighted by atomic mass is 32.2. The normalized spacial score (nSPS) is 19.9. The predicted octanol–water partition coefficient (Wildman–Crippen LogP) is 2.95. The van der Waals surface area contributed by atoms with Crippen molar-refractivity contribution in [1.82, 2.24) is 14.4 Å². The molecule has 164 valence electrons. The van der Waals surface area contributed by atoms with Crippen molar-refractivity contribution >= 4 is 27.3 Å². The molecule has 2 unspecified atom stereocenters. The van der Waals surface area contributed by atoms with Crippen molar-refractivity contribution in [3.05, 3.63) is 52.5 Å². The van der Waals surface area contributed by atoms with E-state index in [0.717, 1.165) is 5.56 Å². The van der Waals surface area contributed by atoms with E-state index in [1.165, 1.54) is 39.9 Å². The van der Waals surface area contributed by atoms with E-state index in [2.05, 4.69) is 10.1 Å². The second-order valence-electron chi connectivity index (χ2n) is 7.21. The molecule has 9 nitrogen and oxygen atoms in total. The third-order valence-electron chi connectivity index (χ3n) is 4.66. The monoisotopic (exact) mass is 463 g/mol. The van der Waals surface area contributed by atoms with E-state index in [1.807, 2.05) is 30.7 Å². The number of sulfonamides is 1. The highest BCUT2D eigenvalue weighted by Crippen LogP contribution is 2.23. The van der Waals surface area contributed by atoms with Gasteiger partial charge in [-0.3, -0.25) is 0 Å². The van der Waals surface area contributed by atoms with Crippen LogP contribution in [0.1, 0.15) is 30.0 Å². The minimum absolute atomic E-state index is 0.0301. The molecule has 2 aromatic heterocycles. The summed E-state index contributed by atoms with van der Waals surface area (Å²) in [4.78, 5) is 16.7. The summed E-state index contributed by atoms with van der Waals surface area (Å²) < 4.78 is 43.5. The molecule has 0 aliphatic carbocycles. The van der Waals surface area contributed by atoms with Crippen LogP contribution >= 0.6 is 11.3 Å². The Morgan fingerprint density at radius 3 is 2.74 bits per heavy atom. The van der Waals surface area contributed by atoms with Crippen LogP contribution in [0.5, 0.6) is 0 Å². The minimum atomic E-state index is -3.77. The predicted molar refractivity (Wildman–Crippen MR) is 112 cm³/mol. The van der Waals surface area contributed by atoms with Crippen molar-refractivity contribution in [2.45, 2.75) is 37.6 Å². The third-order valence-corrected chi connectivity index (χ3v) is 7.17.